The van der Waals surface area contributed by atoms with Gasteiger partial charge in [-0.2, -0.15) is 5.10 Å². The second-order valence-electron chi connectivity index (χ2n) is 6.54. The summed E-state index contributed by atoms with van der Waals surface area (Å²) >= 11 is 0. The van der Waals surface area contributed by atoms with E-state index in [1.165, 1.54) is 18.0 Å². The molecule has 0 saturated carbocycles. The van der Waals surface area contributed by atoms with Crippen LogP contribution in [0.15, 0.2) is 65.2 Å². The molecule has 152 valence electrons. The van der Waals surface area contributed by atoms with Crippen molar-refractivity contribution in [3.05, 3.63) is 78.0 Å². The van der Waals surface area contributed by atoms with Crippen molar-refractivity contribution in [2.75, 3.05) is 12.4 Å². The zero-order valence-electron chi connectivity index (χ0n) is 16.4. The zero-order chi connectivity index (χ0) is 21.1. The Morgan fingerprint density at radius 1 is 1.10 bits per heavy atom. The fraction of sp³-hybridized carbons (Fsp3) is 0.136. The number of benzene rings is 2. The van der Waals surface area contributed by atoms with Crippen molar-refractivity contribution >= 4 is 28.3 Å². The van der Waals surface area contributed by atoms with Gasteiger partial charge in [-0.15, -0.1) is 0 Å². The Labute approximate surface area is 172 Å². The molecule has 4 aromatic rings. The number of carbonyl (C=O) groups excluding carboxylic acids is 2. The Balaban J connectivity index is 1.45. The predicted octanol–water partition coefficient (Wildman–Crippen LogP) is 3.78. The summed E-state index contributed by atoms with van der Waals surface area (Å²) in [6.45, 7) is 0.168. The SMILES string of the molecule is COC(=O)c1nn(C)cc1NC(=O)c1ccc(COc2cccc3ccccc23)o1. The molecule has 2 aromatic heterocycles. The van der Waals surface area contributed by atoms with Gasteiger partial charge in [-0.05, 0) is 23.6 Å². The lowest BCUT2D eigenvalue weighted by atomic mass is 10.1. The number of carbonyl (C=O) groups is 2. The first kappa shape index (κ1) is 19.3. The van der Waals surface area contributed by atoms with Gasteiger partial charge in [-0.1, -0.05) is 36.4 Å². The third kappa shape index (κ3) is 3.88. The van der Waals surface area contributed by atoms with Crippen molar-refractivity contribution < 1.29 is 23.5 Å². The molecule has 0 saturated heterocycles. The average molecular weight is 405 g/mol. The van der Waals surface area contributed by atoms with Gasteiger partial charge in [0.15, 0.2) is 11.5 Å². The number of anilines is 1. The second-order valence-corrected chi connectivity index (χ2v) is 6.54. The number of aryl methyl sites for hydroxylation is 1. The molecule has 0 bridgehead atoms. The van der Waals surface area contributed by atoms with Crippen LogP contribution in [0, 0.1) is 0 Å². The Morgan fingerprint density at radius 2 is 1.90 bits per heavy atom. The minimum absolute atomic E-state index is 0.0134. The number of furan rings is 1. The van der Waals surface area contributed by atoms with Gasteiger partial charge in [0.05, 0.1) is 12.8 Å². The van der Waals surface area contributed by atoms with Crippen molar-refractivity contribution in [2.45, 2.75) is 6.61 Å². The van der Waals surface area contributed by atoms with Gasteiger partial charge < -0.3 is 19.2 Å². The van der Waals surface area contributed by atoms with Gasteiger partial charge in [0, 0.05) is 18.6 Å². The normalized spacial score (nSPS) is 10.7. The van der Waals surface area contributed by atoms with Crippen LogP contribution in [0.5, 0.6) is 5.75 Å². The lowest BCUT2D eigenvalue weighted by molar-refractivity contribution is 0.0594. The number of ether oxygens (including phenoxy) is 2. The van der Waals surface area contributed by atoms with Crippen LogP contribution in [-0.4, -0.2) is 28.8 Å². The molecular weight excluding hydrogens is 386 g/mol. The smallest absolute Gasteiger partial charge is 0.360 e. The van der Waals surface area contributed by atoms with Crippen LogP contribution >= 0.6 is 0 Å². The summed E-state index contributed by atoms with van der Waals surface area (Å²) in [4.78, 5) is 24.3. The molecule has 2 heterocycles. The monoisotopic (exact) mass is 405 g/mol. The third-order valence-corrected chi connectivity index (χ3v) is 4.46. The lowest BCUT2D eigenvalue weighted by Crippen LogP contribution is -2.14. The van der Waals surface area contributed by atoms with Crippen LogP contribution in [0.2, 0.25) is 0 Å². The fourth-order valence-electron chi connectivity index (χ4n) is 3.06. The summed E-state index contributed by atoms with van der Waals surface area (Å²) < 4.78 is 17.6. The quantitative estimate of drug-likeness (QED) is 0.491. The molecule has 0 spiro atoms. The highest BCUT2D eigenvalue weighted by Gasteiger charge is 2.20. The first-order valence-electron chi connectivity index (χ1n) is 9.17. The number of hydrogen-bond acceptors (Lipinski definition) is 6. The van der Waals surface area contributed by atoms with Gasteiger partial charge in [0.25, 0.3) is 5.91 Å². The van der Waals surface area contributed by atoms with Gasteiger partial charge in [-0.25, -0.2) is 4.79 Å². The number of nitrogens with one attached hydrogen (secondary N) is 1. The van der Waals surface area contributed by atoms with E-state index < -0.39 is 11.9 Å². The summed E-state index contributed by atoms with van der Waals surface area (Å²) in [7, 11) is 2.88. The van der Waals surface area contributed by atoms with E-state index in [1.807, 2.05) is 42.5 Å². The summed E-state index contributed by atoms with van der Waals surface area (Å²) in [5.41, 5.74) is 0.249. The van der Waals surface area contributed by atoms with Gasteiger partial charge in [0.2, 0.25) is 0 Å². The van der Waals surface area contributed by atoms with E-state index in [9.17, 15) is 9.59 Å². The van der Waals surface area contributed by atoms with Crippen LogP contribution < -0.4 is 10.1 Å². The standard InChI is InChI=1S/C22H19N3O5/c1-25-12-17(20(24-25)22(27)28-2)23-21(26)19-11-10-15(30-19)13-29-18-9-5-7-14-6-3-4-8-16(14)18/h3-12H,13H2,1-2H3,(H,23,26). The summed E-state index contributed by atoms with van der Waals surface area (Å²) in [5, 5.41) is 8.69. The third-order valence-electron chi connectivity index (χ3n) is 4.46. The van der Waals surface area contributed by atoms with E-state index in [-0.39, 0.29) is 23.7 Å². The Kier molecular flexibility index (Phi) is 5.21. The van der Waals surface area contributed by atoms with E-state index in [0.717, 1.165) is 16.5 Å². The van der Waals surface area contributed by atoms with E-state index >= 15 is 0 Å². The van der Waals surface area contributed by atoms with E-state index in [2.05, 4.69) is 15.2 Å². The van der Waals surface area contributed by atoms with E-state index in [0.29, 0.717) is 5.76 Å². The minimum Gasteiger partial charge on any atom is -0.485 e. The van der Waals surface area contributed by atoms with Crippen molar-refractivity contribution in [1.29, 1.82) is 0 Å². The Bertz CT molecular complexity index is 1220. The molecular formula is C22H19N3O5. The van der Waals surface area contributed by atoms with Crippen LogP contribution in [-0.2, 0) is 18.4 Å². The molecule has 2 aromatic carbocycles. The number of nitrogens with zero attached hydrogens (tertiary/aromatic N) is 2. The zero-order valence-corrected chi connectivity index (χ0v) is 16.4. The highest BCUT2D eigenvalue weighted by molar-refractivity contribution is 6.05. The number of hydrogen-bond donors (Lipinski definition) is 1. The number of esters is 1. The van der Waals surface area contributed by atoms with Gasteiger partial charge in [-0.3, -0.25) is 9.48 Å². The van der Waals surface area contributed by atoms with Gasteiger partial charge >= 0.3 is 5.97 Å². The average Bonchev–Trinajstić information content (AvgIpc) is 3.38. The lowest BCUT2D eigenvalue weighted by Gasteiger charge is -2.08. The van der Waals surface area contributed by atoms with E-state index in [1.54, 1.807) is 19.2 Å². The highest BCUT2D eigenvalue weighted by Crippen LogP contribution is 2.26. The predicted molar refractivity (Wildman–Crippen MR) is 109 cm³/mol. The maximum absolute atomic E-state index is 12.5. The first-order valence-corrected chi connectivity index (χ1v) is 9.17. The molecule has 8 nitrogen and oxygen atoms in total. The number of aromatic nitrogens is 2. The van der Waals surface area contributed by atoms with E-state index in [4.69, 9.17) is 9.15 Å². The maximum Gasteiger partial charge on any atom is 0.360 e. The molecule has 30 heavy (non-hydrogen) atoms. The first-order chi connectivity index (χ1) is 14.5. The topological polar surface area (TPSA) is 95.6 Å². The van der Waals surface area contributed by atoms with Crippen LogP contribution in [0.25, 0.3) is 10.8 Å². The van der Waals surface area contributed by atoms with Crippen LogP contribution in [0.4, 0.5) is 5.69 Å². The molecule has 0 aliphatic carbocycles. The Hall–Kier alpha value is -4.07. The number of methoxy groups -OCH3 is 1. The number of amides is 1. The highest BCUT2D eigenvalue weighted by atomic mass is 16.5. The largest absolute Gasteiger partial charge is 0.485 e. The molecule has 0 fully saturated rings. The van der Waals surface area contributed by atoms with Crippen molar-refractivity contribution in [3.8, 4) is 5.75 Å². The molecule has 0 unspecified atom stereocenters. The van der Waals surface area contributed by atoms with Crippen LogP contribution in [0.1, 0.15) is 26.8 Å². The number of rotatable bonds is 6. The van der Waals surface area contributed by atoms with Gasteiger partial charge in [0.1, 0.15) is 18.1 Å². The fourth-order valence-corrected chi connectivity index (χ4v) is 3.06. The van der Waals surface area contributed by atoms with Crippen molar-refractivity contribution in [3.63, 3.8) is 0 Å². The summed E-state index contributed by atoms with van der Waals surface area (Å²) in [5.74, 6) is 0.159. The molecule has 0 radical (unpaired) electrons. The second kappa shape index (κ2) is 8.12. The molecule has 4 rings (SSSR count). The molecule has 1 amide bonds. The van der Waals surface area contributed by atoms with Crippen molar-refractivity contribution in [2.24, 2.45) is 7.05 Å². The molecule has 1 N–H and O–H groups in total. The molecule has 0 aliphatic rings. The van der Waals surface area contributed by atoms with Crippen molar-refractivity contribution in [1.82, 2.24) is 9.78 Å². The molecule has 8 heteroatoms. The summed E-state index contributed by atoms with van der Waals surface area (Å²) in [6, 6.07) is 17.0. The molecule has 0 aliphatic heterocycles. The Morgan fingerprint density at radius 3 is 2.73 bits per heavy atom. The minimum atomic E-state index is -0.644. The van der Waals surface area contributed by atoms with Crippen LogP contribution in [0.3, 0.4) is 0 Å². The summed E-state index contributed by atoms with van der Waals surface area (Å²) in [6.07, 6.45) is 1.51. The maximum atomic E-state index is 12.5. The number of fused-ring (bicyclic) bond motifs is 1. The molecule has 0 atom stereocenters.